The van der Waals surface area contributed by atoms with Gasteiger partial charge in [0.1, 0.15) is 17.3 Å². The zero-order chi connectivity index (χ0) is 29.2. The number of carbonyl (C=O) groups excluding carboxylic acids is 1. The molecule has 0 aliphatic heterocycles. The van der Waals surface area contributed by atoms with Crippen molar-refractivity contribution in [1.82, 2.24) is 0 Å². The molecule has 1 aromatic carbocycles. The van der Waals surface area contributed by atoms with Crippen molar-refractivity contribution < 1.29 is 18.7 Å². The normalized spacial score (nSPS) is 12.8. The van der Waals surface area contributed by atoms with Crippen LogP contribution in [0, 0.1) is 0 Å². The predicted molar refractivity (Wildman–Crippen MR) is 172 cm³/mol. The molecule has 2 rings (SSSR count). The van der Waals surface area contributed by atoms with E-state index >= 15 is 0 Å². The van der Waals surface area contributed by atoms with E-state index < -0.39 is 0 Å². The number of unbranched alkanes of at least 4 members (excludes halogenated alkanes) is 15. The second kappa shape index (κ2) is 24.5. The quantitative estimate of drug-likeness (QED) is 0.0958. The predicted octanol–water partition coefficient (Wildman–Crippen LogP) is 11.2. The zero-order valence-electron chi connectivity index (χ0n) is 26.5. The van der Waals surface area contributed by atoms with E-state index in [0.29, 0.717) is 6.42 Å². The van der Waals surface area contributed by atoms with Crippen LogP contribution in [0.2, 0.25) is 0 Å². The fourth-order valence-electron chi connectivity index (χ4n) is 5.43. The molecule has 2 atom stereocenters. The number of para-hydroxylation sites is 1. The molecule has 0 aliphatic carbocycles. The average molecular weight is 569 g/mol. The Bertz CT molecular complexity index is 832. The first-order chi connectivity index (χ1) is 20.2. The number of hydrogen-bond acceptors (Lipinski definition) is 4. The molecule has 0 amide bonds. The summed E-state index contributed by atoms with van der Waals surface area (Å²) in [4.78, 5) is 12.8. The zero-order valence-corrected chi connectivity index (χ0v) is 26.5. The van der Waals surface area contributed by atoms with Crippen molar-refractivity contribution in [3.8, 4) is 5.75 Å². The van der Waals surface area contributed by atoms with Crippen molar-refractivity contribution in [3.63, 3.8) is 0 Å². The molecule has 4 nitrogen and oxygen atoms in total. The van der Waals surface area contributed by atoms with Crippen molar-refractivity contribution >= 4 is 5.78 Å². The molecule has 0 saturated carbocycles. The maximum Gasteiger partial charge on any atom is 0.143 e. The Labute approximate surface area is 252 Å². The summed E-state index contributed by atoms with van der Waals surface area (Å²) in [7, 11) is 0. The van der Waals surface area contributed by atoms with Gasteiger partial charge in [-0.05, 0) is 56.9 Å². The van der Waals surface area contributed by atoms with E-state index in [4.69, 9.17) is 13.9 Å². The number of hydrogen-bond donors (Lipinski definition) is 0. The monoisotopic (exact) mass is 568 g/mol. The molecular weight excluding hydrogens is 508 g/mol. The summed E-state index contributed by atoms with van der Waals surface area (Å²) < 4.78 is 17.6. The van der Waals surface area contributed by atoms with E-state index in [-0.39, 0.29) is 17.8 Å². The molecule has 0 saturated heterocycles. The number of benzene rings is 1. The largest absolute Gasteiger partial charge is 0.494 e. The third-order valence-corrected chi connectivity index (χ3v) is 8.20. The van der Waals surface area contributed by atoms with Gasteiger partial charge in [0, 0.05) is 13.0 Å². The Morgan fingerprint density at radius 2 is 1.27 bits per heavy atom. The lowest BCUT2D eigenvalue weighted by Gasteiger charge is -2.19. The second-order valence-corrected chi connectivity index (χ2v) is 11.8. The summed E-state index contributed by atoms with van der Waals surface area (Å²) in [6, 6.07) is 13.9. The SMILES string of the molecule is CCCCCCCCCCCC(CCC(=O)C(C)c1ccco1)OCCCCCCCCCCOc1ccccc1. The van der Waals surface area contributed by atoms with E-state index in [0.717, 1.165) is 50.4 Å². The van der Waals surface area contributed by atoms with Crippen molar-refractivity contribution in [2.75, 3.05) is 13.2 Å². The van der Waals surface area contributed by atoms with E-state index in [1.54, 1.807) is 6.26 Å². The number of ketones is 1. The summed E-state index contributed by atoms with van der Waals surface area (Å²) in [5.41, 5.74) is 0. The molecule has 0 radical (unpaired) electrons. The number of Topliss-reactive ketones (excluding diaryl/α,β-unsaturated/α-hetero) is 1. The minimum absolute atomic E-state index is 0.172. The molecule has 0 aliphatic rings. The van der Waals surface area contributed by atoms with Crippen LogP contribution in [0.15, 0.2) is 53.1 Å². The summed E-state index contributed by atoms with van der Waals surface area (Å²) in [6.45, 7) is 5.86. The highest BCUT2D eigenvalue weighted by Gasteiger charge is 2.19. The lowest BCUT2D eigenvalue weighted by atomic mass is 9.96. The fourth-order valence-corrected chi connectivity index (χ4v) is 5.43. The highest BCUT2D eigenvalue weighted by Crippen LogP contribution is 2.22. The van der Waals surface area contributed by atoms with Gasteiger partial charge in [-0.15, -0.1) is 0 Å². The molecular formula is C37H60O4. The molecule has 2 unspecified atom stereocenters. The topological polar surface area (TPSA) is 48.7 Å². The average Bonchev–Trinajstić information content (AvgIpc) is 3.54. The minimum Gasteiger partial charge on any atom is -0.494 e. The lowest BCUT2D eigenvalue weighted by Crippen LogP contribution is -2.18. The maximum atomic E-state index is 12.8. The Morgan fingerprint density at radius 3 is 1.88 bits per heavy atom. The molecule has 0 bridgehead atoms. The van der Waals surface area contributed by atoms with Gasteiger partial charge in [-0.25, -0.2) is 0 Å². The van der Waals surface area contributed by atoms with Gasteiger partial charge in [-0.2, -0.15) is 0 Å². The standard InChI is InChI=1S/C37H60O4/c1-3-4-5-6-7-8-11-14-18-26-35(28-29-36(38)33(2)37-27-23-32-41-37)40-31-22-16-13-10-9-12-15-21-30-39-34-24-19-17-20-25-34/h17,19-20,23-25,27,32-33,35H,3-16,18,21-22,26,28-31H2,1-2H3. The van der Waals surface area contributed by atoms with Gasteiger partial charge in [-0.3, -0.25) is 4.79 Å². The highest BCUT2D eigenvalue weighted by molar-refractivity contribution is 5.84. The first-order valence-corrected chi connectivity index (χ1v) is 17.1. The van der Waals surface area contributed by atoms with E-state index in [1.807, 2.05) is 49.4 Å². The van der Waals surface area contributed by atoms with Crippen LogP contribution >= 0.6 is 0 Å². The van der Waals surface area contributed by atoms with Gasteiger partial charge in [0.25, 0.3) is 0 Å². The van der Waals surface area contributed by atoms with Crippen molar-refractivity contribution in [2.45, 2.75) is 154 Å². The molecule has 41 heavy (non-hydrogen) atoms. The van der Waals surface area contributed by atoms with Gasteiger partial charge >= 0.3 is 0 Å². The Kier molecular flexibility index (Phi) is 21.0. The van der Waals surface area contributed by atoms with Crippen LogP contribution in [-0.2, 0) is 9.53 Å². The number of ether oxygens (including phenoxy) is 2. The van der Waals surface area contributed by atoms with Crippen molar-refractivity contribution in [3.05, 3.63) is 54.5 Å². The van der Waals surface area contributed by atoms with Crippen LogP contribution in [0.1, 0.15) is 154 Å². The number of carbonyl (C=O) groups is 1. The van der Waals surface area contributed by atoms with E-state index in [2.05, 4.69) is 6.92 Å². The van der Waals surface area contributed by atoms with Crippen LogP contribution in [0.25, 0.3) is 0 Å². The van der Waals surface area contributed by atoms with Crippen LogP contribution in [0.4, 0.5) is 0 Å². The number of rotatable bonds is 28. The highest BCUT2D eigenvalue weighted by atomic mass is 16.5. The Balaban J connectivity index is 1.53. The van der Waals surface area contributed by atoms with Crippen LogP contribution in [0.5, 0.6) is 5.75 Å². The molecule has 0 spiro atoms. The first kappa shape index (κ1) is 35.1. The van der Waals surface area contributed by atoms with Crippen molar-refractivity contribution in [2.24, 2.45) is 0 Å². The van der Waals surface area contributed by atoms with Gasteiger partial charge in [0.05, 0.1) is 24.9 Å². The summed E-state index contributed by atoms with van der Waals surface area (Å²) >= 11 is 0. The molecule has 4 heteroatoms. The fraction of sp³-hybridized carbons (Fsp3) is 0.703. The summed E-state index contributed by atoms with van der Waals surface area (Å²) in [6.07, 6.45) is 26.3. The maximum absolute atomic E-state index is 12.8. The minimum atomic E-state index is -0.172. The van der Waals surface area contributed by atoms with Gasteiger partial charge in [0.15, 0.2) is 0 Å². The Hall–Kier alpha value is -2.07. The Morgan fingerprint density at radius 1 is 0.683 bits per heavy atom. The third-order valence-electron chi connectivity index (χ3n) is 8.20. The smallest absolute Gasteiger partial charge is 0.143 e. The molecule has 0 fully saturated rings. The van der Waals surface area contributed by atoms with Crippen LogP contribution in [-0.4, -0.2) is 25.1 Å². The van der Waals surface area contributed by atoms with Gasteiger partial charge in [0.2, 0.25) is 0 Å². The third kappa shape index (κ3) is 18.2. The van der Waals surface area contributed by atoms with Gasteiger partial charge < -0.3 is 13.9 Å². The summed E-state index contributed by atoms with van der Waals surface area (Å²) in [5.74, 6) is 1.83. The van der Waals surface area contributed by atoms with E-state index in [9.17, 15) is 4.79 Å². The first-order valence-electron chi connectivity index (χ1n) is 17.1. The van der Waals surface area contributed by atoms with Gasteiger partial charge in [-0.1, -0.05) is 121 Å². The van der Waals surface area contributed by atoms with Crippen LogP contribution in [0.3, 0.4) is 0 Å². The summed E-state index contributed by atoms with van der Waals surface area (Å²) in [5, 5.41) is 0. The second-order valence-electron chi connectivity index (χ2n) is 11.8. The molecule has 1 heterocycles. The molecule has 0 N–H and O–H groups in total. The molecule has 1 aromatic heterocycles. The molecule has 232 valence electrons. The molecule has 2 aromatic rings. The van der Waals surface area contributed by atoms with Crippen LogP contribution < -0.4 is 4.74 Å². The van der Waals surface area contributed by atoms with E-state index in [1.165, 1.54) is 96.3 Å². The van der Waals surface area contributed by atoms with Crippen molar-refractivity contribution in [1.29, 1.82) is 0 Å². The lowest BCUT2D eigenvalue weighted by molar-refractivity contribution is -0.121. The number of furan rings is 1.